The molecule has 0 bridgehead atoms. The fourth-order valence-corrected chi connectivity index (χ4v) is 2.41. The fourth-order valence-electron chi connectivity index (χ4n) is 2.13. The number of hydrogen-bond acceptors (Lipinski definition) is 3. The van der Waals surface area contributed by atoms with E-state index in [-0.39, 0.29) is 12.5 Å². The van der Waals surface area contributed by atoms with Crippen LogP contribution in [-0.2, 0) is 17.9 Å². The van der Waals surface area contributed by atoms with Gasteiger partial charge in [0.2, 0.25) is 5.91 Å². The van der Waals surface area contributed by atoms with Crippen molar-refractivity contribution in [3.05, 3.63) is 33.3 Å². The Hall–Kier alpha value is -1.53. The van der Waals surface area contributed by atoms with Crippen molar-refractivity contribution in [2.24, 2.45) is 0 Å². The Labute approximate surface area is 139 Å². The van der Waals surface area contributed by atoms with Gasteiger partial charge in [-0.15, -0.1) is 0 Å². The predicted molar refractivity (Wildman–Crippen MR) is 86.3 cm³/mol. The standard InChI is InChI=1S/C14H19Cl2N5O/c1-9-12(15)7-20(18-9)8-13(22)17-5-4-6-21-11(3)14(16)10(2)19-21/h7H,4-6,8H2,1-3H3,(H,17,22). The molecule has 0 fully saturated rings. The molecule has 0 aliphatic heterocycles. The van der Waals surface area contributed by atoms with E-state index in [9.17, 15) is 4.79 Å². The van der Waals surface area contributed by atoms with E-state index in [1.165, 1.54) is 4.68 Å². The van der Waals surface area contributed by atoms with Crippen molar-refractivity contribution >= 4 is 29.1 Å². The van der Waals surface area contributed by atoms with Gasteiger partial charge in [0.15, 0.2) is 0 Å². The zero-order valence-electron chi connectivity index (χ0n) is 12.9. The second-order valence-corrected chi connectivity index (χ2v) is 5.96. The second kappa shape index (κ2) is 7.15. The van der Waals surface area contributed by atoms with Crippen LogP contribution in [0.3, 0.4) is 0 Å². The van der Waals surface area contributed by atoms with E-state index in [1.54, 1.807) is 13.1 Å². The van der Waals surface area contributed by atoms with Gasteiger partial charge in [-0.05, 0) is 27.2 Å². The summed E-state index contributed by atoms with van der Waals surface area (Å²) in [6.07, 6.45) is 2.43. The molecule has 22 heavy (non-hydrogen) atoms. The minimum atomic E-state index is -0.0921. The lowest BCUT2D eigenvalue weighted by molar-refractivity contribution is -0.121. The van der Waals surface area contributed by atoms with Crippen LogP contribution < -0.4 is 5.32 Å². The molecule has 0 atom stereocenters. The molecule has 2 aromatic rings. The number of aromatic nitrogens is 4. The molecule has 1 amide bonds. The van der Waals surface area contributed by atoms with Crippen molar-refractivity contribution in [3.63, 3.8) is 0 Å². The van der Waals surface area contributed by atoms with Gasteiger partial charge in [0.1, 0.15) is 6.54 Å². The molecule has 0 aliphatic rings. The second-order valence-electron chi connectivity index (χ2n) is 5.17. The highest BCUT2D eigenvalue weighted by Crippen LogP contribution is 2.18. The summed E-state index contributed by atoms with van der Waals surface area (Å²) >= 11 is 12.0. The zero-order chi connectivity index (χ0) is 16.3. The first-order chi connectivity index (χ1) is 10.4. The normalized spacial score (nSPS) is 11.0. The van der Waals surface area contributed by atoms with E-state index < -0.39 is 0 Å². The number of nitrogens with zero attached hydrogens (tertiary/aromatic N) is 4. The molecular weight excluding hydrogens is 325 g/mol. The molecule has 8 heteroatoms. The summed E-state index contributed by atoms with van der Waals surface area (Å²) in [5.41, 5.74) is 2.50. The SMILES string of the molecule is Cc1nn(CC(=O)NCCCn2nc(C)c(Cl)c2C)cc1Cl. The molecule has 0 radical (unpaired) electrons. The molecule has 0 spiro atoms. The minimum absolute atomic E-state index is 0.0921. The van der Waals surface area contributed by atoms with Crippen LogP contribution in [0.1, 0.15) is 23.5 Å². The van der Waals surface area contributed by atoms with Crippen LogP contribution in [-0.4, -0.2) is 32.0 Å². The topological polar surface area (TPSA) is 64.7 Å². The number of aryl methyl sites for hydroxylation is 3. The maximum absolute atomic E-state index is 11.8. The van der Waals surface area contributed by atoms with Crippen molar-refractivity contribution in [1.82, 2.24) is 24.9 Å². The Morgan fingerprint density at radius 3 is 2.50 bits per heavy atom. The van der Waals surface area contributed by atoms with Gasteiger partial charge in [0.05, 0.1) is 27.1 Å². The highest BCUT2D eigenvalue weighted by Gasteiger charge is 2.09. The smallest absolute Gasteiger partial charge is 0.241 e. The summed E-state index contributed by atoms with van der Waals surface area (Å²) in [7, 11) is 0. The third kappa shape index (κ3) is 4.01. The van der Waals surface area contributed by atoms with Crippen LogP contribution in [0.25, 0.3) is 0 Å². The maximum atomic E-state index is 11.8. The Balaban J connectivity index is 1.74. The first-order valence-electron chi connectivity index (χ1n) is 7.04. The molecule has 1 N–H and O–H groups in total. The van der Waals surface area contributed by atoms with Crippen molar-refractivity contribution < 1.29 is 4.79 Å². The largest absolute Gasteiger partial charge is 0.354 e. The molecule has 2 aromatic heterocycles. The molecule has 0 aliphatic carbocycles. The molecule has 0 aromatic carbocycles. The van der Waals surface area contributed by atoms with E-state index in [1.807, 2.05) is 18.5 Å². The average molecular weight is 344 g/mol. The lowest BCUT2D eigenvalue weighted by Crippen LogP contribution is -2.29. The van der Waals surface area contributed by atoms with Crippen LogP contribution in [0, 0.1) is 20.8 Å². The van der Waals surface area contributed by atoms with Crippen molar-refractivity contribution in [1.29, 1.82) is 0 Å². The average Bonchev–Trinajstić information content (AvgIpc) is 2.89. The molecule has 6 nitrogen and oxygen atoms in total. The van der Waals surface area contributed by atoms with Gasteiger partial charge >= 0.3 is 0 Å². The van der Waals surface area contributed by atoms with E-state index in [0.29, 0.717) is 23.1 Å². The van der Waals surface area contributed by atoms with E-state index in [2.05, 4.69) is 15.5 Å². The number of carbonyl (C=O) groups excluding carboxylic acids is 1. The van der Waals surface area contributed by atoms with Crippen LogP contribution >= 0.6 is 23.2 Å². The van der Waals surface area contributed by atoms with Gasteiger partial charge in [0, 0.05) is 19.3 Å². The van der Waals surface area contributed by atoms with Gasteiger partial charge in [-0.25, -0.2) is 0 Å². The van der Waals surface area contributed by atoms with Gasteiger partial charge < -0.3 is 5.32 Å². The first kappa shape index (κ1) is 16.8. The molecule has 2 rings (SSSR count). The number of carbonyl (C=O) groups is 1. The fraction of sp³-hybridized carbons (Fsp3) is 0.500. The monoisotopic (exact) mass is 343 g/mol. The third-order valence-electron chi connectivity index (χ3n) is 3.35. The minimum Gasteiger partial charge on any atom is -0.354 e. The number of halogens is 2. The zero-order valence-corrected chi connectivity index (χ0v) is 14.4. The molecule has 0 unspecified atom stereocenters. The van der Waals surface area contributed by atoms with Crippen LogP contribution in [0.4, 0.5) is 0 Å². The van der Waals surface area contributed by atoms with E-state index >= 15 is 0 Å². The van der Waals surface area contributed by atoms with Crippen molar-refractivity contribution in [2.75, 3.05) is 6.54 Å². The van der Waals surface area contributed by atoms with Crippen LogP contribution in [0.15, 0.2) is 6.20 Å². The predicted octanol–water partition coefficient (Wildman–Crippen LogP) is 2.52. The first-order valence-corrected chi connectivity index (χ1v) is 7.80. The highest BCUT2D eigenvalue weighted by molar-refractivity contribution is 6.31. The molecule has 2 heterocycles. The Morgan fingerprint density at radius 2 is 1.95 bits per heavy atom. The molecular formula is C14H19Cl2N5O. The van der Waals surface area contributed by atoms with Gasteiger partial charge in [0.25, 0.3) is 0 Å². The molecule has 0 saturated carbocycles. The Bertz CT molecular complexity index is 658. The molecule has 0 saturated heterocycles. The van der Waals surface area contributed by atoms with Gasteiger partial charge in [-0.2, -0.15) is 10.2 Å². The van der Waals surface area contributed by atoms with E-state index in [0.717, 1.165) is 23.5 Å². The summed E-state index contributed by atoms with van der Waals surface area (Å²) in [4.78, 5) is 11.8. The molecule has 120 valence electrons. The number of hydrogen-bond donors (Lipinski definition) is 1. The summed E-state index contributed by atoms with van der Waals surface area (Å²) in [6.45, 7) is 7.07. The van der Waals surface area contributed by atoms with Crippen LogP contribution in [0.2, 0.25) is 10.0 Å². The van der Waals surface area contributed by atoms with Crippen LogP contribution in [0.5, 0.6) is 0 Å². The lowest BCUT2D eigenvalue weighted by atomic mass is 10.3. The lowest BCUT2D eigenvalue weighted by Gasteiger charge is -2.07. The van der Waals surface area contributed by atoms with Gasteiger partial charge in [-0.3, -0.25) is 14.2 Å². The third-order valence-corrected chi connectivity index (χ3v) is 4.27. The van der Waals surface area contributed by atoms with Gasteiger partial charge in [-0.1, -0.05) is 23.2 Å². The summed E-state index contributed by atoms with van der Waals surface area (Å²) in [6, 6.07) is 0. The number of amides is 1. The Morgan fingerprint density at radius 1 is 1.23 bits per heavy atom. The summed E-state index contributed by atoms with van der Waals surface area (Å²) < 4.78 is 3.40. The summed E-state index contributed by atoms with van der Waals surface area (Å²) in [5.74, 6) is -0.0921. The maximum Gasteiger partial charge on any atom is 0.241 e. The Kier molecular flexibility index (Phi) is 5.47. The quantitative estimate of drug-likeness (QED) is 0.819. The summed E-state index contributed by atoms with van der Waals surface area (Å²) in [5, 5.41) is 12.6. The number of rotatable bonds is 6. The van der Waals surface area contributed by atoms with Crippen molar-refractivity contribution in [2.45, 2.75) is 40.3 Å². The van der Waals surface area contributed by atoms with Crippen molar-refractivity contribution in [3.8, 4) is 0 Å². The highest BCUT2D eigenvalue weighted by atomic mass is 35.5. The van der Waals surface area contributed by atoms with E-state index in [4.69, 9.17) is 23.2 Å². The number of nitrogens with one attached hydrogen (secondary N) is 1.